The van der Waals surface area contributed by atoms with Gasteiger partial charge in [0.1, 0.15) is 0 Å². The van der Waals surface area contributed by atoms with Gasteiger partial charge in [0.2, 0.25) is 0 Å². The fourth-order valence-corrected chi connectivity index (χ4v) is 2.11. The van der Waals surface area contributed by atoms with E-state index in [9.17, 15) is 9.59 Å². The van der Waals surface area contributed by atoms with Crippen molar-refractivity contribution in [3.8, 4) is 0 Å². The van der Waals surface area contributed by atoms with Gasteiger partial charge in [-0.3, -0.25) is 0 Å². The van der Waals surface area contributed by atoms with E-state index >= 15 is 0 Å². The van der Waals surface area contributed by atoms with Crippen LogP contribution in [0.25, 0.3) is 0 Å². The summed E-state index contributed by atoms with van der Waals surface area (Å²) in [4.78, 5) is 21.4. The summed E-state index contributed by atoms with van der Waals surface area (Å²) in [5, 5.41) is 15.6. The van der Waals surface area contributed by atoms with Gasteiger partial charge < -0.3 is 15.1 Å². The molecule has 0 amide bonds. The van der Waals surface area contributed by atoms with Crippen LogP contribution in [0.1, 0.15) is 17.0 Å². The van der Waals surface area contributed by atoms with Gasteiger partial charge in [-0.25, -0.2) is 9.59 Å². The minimum atomic E-state index is -1.26. The molecule has 0 fully saturated rings. The van der Waals surface area contributed by atoms with Gasteiger partial charge in [0.25, 0.3) is 0 Å². The number of benzene rings is 1. The summed E-state index contributed by atoms with van der Waals surface area (Å²) >= 11 is 0. The van der Waals surface area contributed by atoms with Crippen LogP contribution >= 0.6 is 0 Å². The Morgan fingerprint density at radius 2 is 1.75 bits per heavy atom. The maximum atomic E-state index is 9.55. The molecule has 0 spiro atoms. The summed E-state index contributed by atoms with van der Waals surface area (Å²) in [6, 6.07) is 8.76. The minimum Gasteiger partial charge on any atom is -0.478 e. The van der Waals surface area contributed by atoms with Gasteiger partial charge in [0.15, 0.2) is 0 Å². The van der Waals surface area contributed by atoms with Gasteiger partial charge in [0.05, 0.1) is 0 Å². The monoisotopic (exact) mass is 277 g/mol. The van der Waals surface area contributed by atoms with Crippen LogP contribution < -0.4 is 0 Å². The minimum absolute atomic E-state index is 0.558. The Hall–Kier alpha value is -2.14. The maximum Gasteiger partial charge on any atom is 0.328 e. The van der Waals surface area contributed by atoms with Crippen molar-refractivity contribution in [2.75, 3.05) is 20.6 Å². The smallest absolute Gasteiger partial charge is 0.328 e. The molecule has 1 aromatic carbocycles. The van der Waals surface area contributed by atoms with Crippen molar-refractivity contribution >= 4 is 11.9 Å². The molecule has 1 aliphatic carbocycles. The molecule has 0 saturated heterocycles. The zero-order valence-corrected chi connectivity index (χ0v) is 11.6. The first-order valence-electron chi connectivity index (χ1n) is 6.26. The number of hydrogen-bond acceptors (Lipinski definition) is 3. The molecule has 0 bridgehead atoms. The number of aliphatic carboxylic acids is 2. The molecule has 0 heterocycles. The average molecular weight is 277 g/mol. The van der Waals surface area contributed by atoms with Gasteiger partial charge in [-0.05, 0) is 31.6 Å². The van der Waals surface area contributed by atoms with Gasteiger partial charge in [-0.15, -0.1) is 0 Å². The Balaban J connectivity index is 0.000000221. The highest BCUT2D eigenvalue weighted by Gasteiger charge is 2.25. The number of rotatable bonds is 4. The predicted molar refractivity (Wildman–Crippen MR) is 75.9 cm³/mol. The molecule has 1 aliphatic rings. The molecule has 2 N–H and O–H groups in total. The topological polar surface area (TPSA) is 77.8 Å². The lowest BCUT2D eigenvalue weighted by Gasteiger charge is -2.32. The zero-order chi connectivity index (χ0) is 15.1. The SMILES string of the molecule is CN(C)CC1Cc2ccccc21.O=C(O)/C=C/C(=O)O. The second kappa shape index (κ2) is 7.45. The average Bonchev–Trinajstić information content (AvgIpc) is 2.34. The number of nitrogens with zero attached hydrogens (tertiary/aromatic N) is 1. The van der Waals surface area contributed by atoms with E-state index in [1.165, 1.54) is 13.0 Å². The number of hydrogen-bond donors (Lipinski definition) is 2. The molecule has 1 atom stereocenters. The van der Waals surface area contributed by atoms with Crippen molar-refractivity contribution in [2.45, 2.75) is 12.3 Å². The second-order valence-electron chi connectivity index (χ2n) is 4.87. The summed E-state index contributed by atoms with van der Waals surface area (Å²) in [5.41, 5.74) is 3.11. The van der Waals surface area contributed by atoms with Gasteiger partial charge in [0, 0.05) is 24.6 Å². The van der Waals surface area contributed by atoms with Crippen LogP contribution in [0.3, 0.4) is 0 Å². The Bertz CT molecular complexity index is 492. The lowest BCUT2D eigenvalue weighted by molar-refractivity contribution is -0.134. The third-order valence-corrected chi connectivity index (χ3v) is 2.92. The van der Waals surface area contributed by atoms with E-state index in [0.29, 0.717) is 12.2 Å². The van der Waals surface area contributed by atoms with Gasteiger partial charge in [-0.1, -0.05) is 24.3 Å². The summed E-state index contributed by atoms with van der Waals surface area (Å²) in [7, 11) is 4.28. The van der Waals surface area contributed by atoms with Crippen LogP contribution in [-0.2, 0) is 16.0 Å². The Kier molecular flexibility index (Phi) is 5.93. The third kappa shape index (κ3) is 5.24. The summed E-state index contributed by atoms with van der Waals surface area (Å²) in [5.74, 6) is -1.73. The van der Waals surface area contributed by atoms with E-state index in [1.54, 1.807) is 11.1 Å². The second-order valence-corrected chi connectivity index (χ2v) is 4.87. The molecule has 0 aromatic heterocycles. The van der Waals surface area contributed by atoms with Crippen LogP contribution in [0.4, 0.5) is 0 Å². The summed E-state index contributed by atoms with van der Waals surface area (Å²) < 4.78 is 0. The third-order valence-electron chi connectivity index (χ3n) is 2.92. The van der Waals surface area contributed by atoms with Crippen LogP contribution in [0.5, 0.6) is 0 Å². The van der Waals surface area contributed by atoms with Crippen molar-refractivity contribution in [1.29, 1.82) is 0 Å². The Morgan fingerprint density at radius 3 is 2.20 bits per heavy atom. The van der Waals surface area contributed by atoms with Crippen LogP contribution in [0.2, 0.25) is 0 Å². The number of carboxylic acids is 2. The Morgan fingerprint density at radius 1 is 1.20 bits per heavy atom. The standard InChI is InChI=1S/C11H15N.C4H4O4/c1-12(2)8-10-7-9-5-3-4-6-11(9)10;5-3(6)1-2-4(7)8/h3-6,10H,7-8H2,1-2H3;1-2H,(H,5,6)(H,7,8)/b;2-1+. The molecule has 0 saturated carbocycles. The van der Waals surface area contributed by atoms with Crippen molar-refractivity contribution in [1.82, 2.24) is 4.90 Å². The molecule has 0 aliphatic heterocycles. The normalized spacial score (nSPS) is 16.1. The van der Waals surface area contributed by atoms with E-state index < -0.39 is 11.9 Å². The highest BCUT2D eigenvalue weighted by atomic mass is 16.4. The summed E-state index contributed by atoms with van der Waals surface area (Å²) in [6.45, 7) is 1.19. The first-order valence-corrected chi connectivity index (χ1v) is 6.26. The highest BCUT2D eigenvalue weighted by Crippen LogP contribution is 2.34. The van der Waals surface area contributed by atoms with Crippen molar-refractivity contribution < 1.29 is 19.8 Å². The van der Waals surface area contributed by atoms with Crippen molar-refractivity contribution in [2.24, 2.45) is 0 Å². The fourth-order valence-electron chi connectivity index (χ4n) is 2.11. The molecule has 108 valence electrons. The maximum absolute atomic E-state index is 9.55. The molecule has 1 aromatic rings. The van der Waals surface area contributed by atoms with E-state index in [-0.39, 0.29) is 0 Å². The molecule has 2 rings (SSSR count). The van der Waals surface area contributed by atoms with Crippen molar-refractivity contribution in [3.05, 3.63) is 47.5 Å². The van der Waals surface area contributed by atoms with E-state index in [2.05, 4.69) is 43.3 Å². The van der Waals surface area contributed by atoms with Crippen LogP contribution in [0.15, 0.2) is 36.4 Å². The Labute approximate surface area is 118 Å². The first-order chi connectivity index (χ1) is 9.40. The molecule has 5 heteroatoms. The van der Waals surface area contributed by atoms with E-state index in [0.717, 1.165) is 5.92 Å². The number of likely N-dealkylation sites (N-methyl/N-ethyl adjacent to an activating group) is 1. The van der Waals surface area contributed by atoms with Crippen LogP contribution in [0, 0.1) is 0 Å². The molecule has 0 radical (unpaired) electrons. The number of fused-ring (bicyclic) bond motifs is 1. The number of carboxylic acid groups (broad SMARTS) is 2. The number of carbonyl (C=O) groups is 2. The highest BCUT2D eigenvalue weighted by molar-refractivity contribution is 5.89. The van der Waals surface area contributed by atoms with Gasteiger partial charge in [-0.2, -0.15) is 0 Å². The molecular formula is C15H19NO4. The fraction of sp³-hybridized carbons (Fsp3) is 0.333. The lowest BCUT2D eigenvalue weighted by atomic mass is 9.77. The van der Waals surface area contributed by atoms with E-state index in [4.69, 9.17) is 10.2 Å². The largest absolute Gasteiger partial charge is 0.478 e. The van der Waals surface area contributed by atoms with Crippen molar-refractivity contribution in [3.63, 3.8) is 0 Å². The van der Waals surface area contributed by atoms with E-state index in [1.807, 2.05) is 0 Å². The predicted octanol–water partition coefficient (Wildman–Crippen LogP) is 1.60. The molecule has 1 unspecified atom stereocenters. The molecule has 20 heavy (non-hydrogen) atoms. The quantitative estimate of drug-likeness (QED) is 0.817. The summed E-state index contributed by atoms with van der Waals surface area (Å²) in [6.07, 6.45) is 2.39. The molecular weight excluding hydrogens is 258 g/mol. The first kappa shape index (κ1) is 15.9. The zero-order valence-electron chi connectivity index (χ0n) is 11.6. The lowest BCUT2D eigenvalue weighted by Crippen LogP contribution is -2.28. The molecule has 5 nitrogen and oxygen atoms in total. The van der Waals surface area contributed by atoms with Gasteiger partial charge >= 0.3 is 11.9 Å². The van der Waals surface area contributed by atoms with Crippen LogP contribution in [-0.4, -0.2) is 47.7 Å².